The van der Waals surface area contributed by atoms with E-state index in [-0.39, 0.29) is 5.41 Å². The fourth-order valence-corrected chi connectivity index (χ4v) is 2.36. The zero-order valence-electron chi connectivity index (χ0n) is 13.7. The molecular weight excluding hydrogens is 252 g/mol. The van der Waals surface area contributed by atoms with Crippen LogP contribution in [-0.4, -0.2) is 0 Å². The van der Waals surface area contributed by atoms with E-state index in [1.54, 1.807) is 0 Å². The van der Waals surface area contributed by atoms with Gasteiger partial charge in [-0.25, -0.2) is 0 Å². The molecule has 21 heavy (non-hydrogen) atoms. The first kappa shape index (κ1) is 15.8. The van der Waals surface area contributed by atoms with E-state index in [9.17, 15) is 0 Å². The van der Waals surface area contributed by atoms with E-state index in [0.29, 0.717) is 0 Å². The van der Waals surface area contributed by atoms with Crippen molar-refractivity contribution in [1.82, 2.24) is 0 Å². The summed E-state index contributed by atoms with van der Waals surface area (Å²) in [4.78, 5) is 0. The highest BCUT2D eigenvalue weighted by Gasteiger charge is 2.12. The van der Waals surface area contributed by atoms with Crippen LogP contribution in [0.4, 0.5) is 0 Å². The van der Waals surface area contributed by atoms with Gasteiger partial charge in [-0.2, -0.15) is 0 Å². The zero-order valence-corrected chi connectivity index (χ0v) is 13.7. The first-order chi connectivity index (χ1) is 9.99. The summed E-state index contributed by atoms with van der Waals surface area (Å²) in [6.07, 6.45) is 7.16. The molecule has 2 aromatic carbocycles. The van der Waals surface area contributed by atoms with Crippen molar-refractivity contribution in [3.8, 4) is 0 Å². The van der Waals surface area contributed by atoms with E-state index in [1.165, 1.54) is 30.4 Å². The Kier molecular flexibility index (Phi) is 5.22. The Bertz CT molecular complexity index is 538. The maximum absolute atomic E-state index is 3.47. The van der Waals surface area contributed by atoms with Crippen LogP contribution < -0.4 is 0 Å². The van der Waals surface area contributed by atoms with Crippen molar-refractivity contribution in [2.45, 2.75) is 52.4 Å². The summed E-state index contributed by atoms with van der Waals surface area (Å²) in [5.74, 6) is 0. The van der Waals surface area contributed by atoms with E-state index in [4.69, 9.17) is 0 Å². The molecule has 0 heteroatoms. The van der Waals surface area contributed by atoms with Crippen molar-refractivity contribution in [2.24, 2.45) is 0 Å². The highest BCUT2D eigenvalue weighted by Crippen LogP contribution is 2.23. The van der Waals surface area contributed by atoms with Crippen LogP contribution in [0.2, 0.25) is 0 Å². The van der Waals surface area contributed by atoms with Crippen LogP contribution in [0.25, 0.3) is 0 Å². The third-order valence-electron chi connectivity index (χ3n) is 3.81. The van der Waals surface area contributed by atoms with Crippen molar-refractivity contribution in [3.63, 3.8) is 0 Å². The van der Waals surface area contributed by atoms with Gasteiger partial charge in [0.2, 0.25) is 0 Å². The van der Waals surface area contributed by atoms with Gasteiger partial charge in [0, 0.05) is 0 Å². The first-order valence-corrected chi connectivity index (χ1v) is 7.95. The van der Waals surface area contributed by atoms with Gasteiger partial charge >= 0.3 is 0 Å². The van der Waals surface area contributed by atoms with Crippen molar-refractivity contribution in [2.75, 3.05) is 0 Å². The molecule has 0 aromatic heterocycles. The Labute approximate surface area is 130 Å². The molecule has 110 valence electrons. The molecule has 0 saturated carbocycles. The van der Waals surface area contributed by atoms with Crippen molar-refractivity contribution in [1.29, 1.82) is 0 Å². The summed E-state index contributed by atoms with van der Waals surface area (Å²) in [6.45, 7) is 8.95. The predicted octanol–water partition coefficient (Wildman–Crippen LogP) is 5.80. The first-order valence-electron chi connectivity index (χ1n) is 7.95. The molecule has 0 bridgehead atoms. The number of benzene rings is 2. The van der Waals surface area contributed by atoms with Crippen LogP contribution in [0, 0.1) is 6.42 Å². The Hall–Kier alpha value is -1.56. The molecule has 2 radical (unpaired) electrons. The second kappa shape index (κ2) is 6.93. The van der Waals surface area contributed by atoms with Gasteiger partial charge in [0.05, 0.1) is 6.42 Å². The van der Waals surface area contributed by atoms with E-state index >= 15 is 0 Å². The SMILES string of the molecule is CCCCc1ccc([C]c2ccc(C(C)(C)C)cc2)cc1. The summed E-state index contributed by atoms with van der Waals surface area (Å²) in [7, 11) is 0. The van der Waals surface area contributed by atoms with Crippen LogP contribution >= 0.6 is 0 Å². The van der Waals surface area contributed by atoms with Gasteiger partial charge in [-0.05, 0) is 40.5 Å². The summed E-state index contributed by atoms with van der Waals surface area (Å²) < 4.78 is 0. The Morgan fingerprint density at radius 2 is 1.33 bits per heavy atom. The molecular formula is C21H26. The Balaban J connectivity index is 2.01. The van der Waals surface area contributed by atoms with Crippen LogP contribution in [0.15, 0.2) is 48.5 Å². The van der Waals surface area contributed by atoms with Gasteiger partial charge in [0.1, 0.15) is 0 Å². The molecule has 0 amide bonds. The molecule has 0 saturated heterocycles. The average molecular weight is 278 g/mol. The van der Waals surface area contributed by atoms with Gasteiger partial charge in [-0.3, -0.25) is 0 Å². The topological polar surface area (TPSA) is 0 Å². The molecule has 0 aliphatic carbocycles. The third-order valence-corrected chi connectivity index (χ3v) is 3.81. The zero-order chi connectivity index (χ0) is 15.3. The number of hydrogen-bond acceptors (Lipinski definition) is 0. The van der Waals surface area contributed by atoms with Crippen LogP contribution in [-0.2, 0) is 11.8 Å². The lowest BCUT2D eigenvalue weighted by Crippen LogP contribution is -2.10. The van der Waals surface area contributed by atoms with Crippen molar-refractivity contribution in [3.05, 3.63) is 77.2 Å². The minimum atomic E-state index is 0.208. The lowest BCUT2D eigenvalue weighted by Gasteiger charge is -2.19. The maximum atomic E-state index is 3.47. The minimum absolute atomic E-state index is 0.208. The largest absolute Gasteiger partial charge is 0.0654 e. The van der Waals surface area contributed by atoms with Crippen LogP contribution in [0.3, 0.4) is 0 Å². The van der Waals surface area contributed by atoms with Gasteiger partial charge in [0.25, 0.3) is 0 Å². The highest BCUT2D eigenvalue weighted by molar-refractivity contribution is 5.40. The van der Waals surface area contributed by atoms with E-state index in [2.05, 4.69) is 82.6 Å². The normalized spacial score (nSPS) is 11.6. The van der Waals surface area contributed by atoms with E-state index in [1.807, 2.05) is 0 Å². The van der Waals surface area contributed by atoms with Crippen molar-refractivity contribution < 1.29 is 0 Å². The number of aryl methyl sites for hydroxylation is 1. The standard InChI is InChI=1S/C21H26/c1-5-6-7-17-8-10-18(11-9-17)16-19-12-14-20(15-13-19)21(2,3)4/h8-15H,5-7H2,1-4H3. The molecule has 0 nitrogen and oxygen atoms in total. The van der Waals surface area contributed by atoms with Gasteiger partial charge in [-0.1, -0.05) is 82.6 Å². The van der Waals surface area contributed by atoms with E-state index < -0.39 is 0 Å². The summed E-state index contributed by atoms with van der Waals surface area (Å²) >= 11 is 0. The molecule has 2 aromatic rings. The summed E-state index contributed by atoms with van der Waals surface area (Å²) in [5.41, 5.74) is 5.29. The molecule has 0 heterocycles. The lowest BCUT2D eigenvalue weighted by atomic mass is 9.86. The fourth-order valence-electron chi connectivity index (χ4n) is 2.36. The predicted molar refractivity (Wildman–Crippen MR) is 91.6 cm³/mol. The highest BCUT2D eigenvalue weighted by atomic mass is 14.2. The summed E-state index contributed by atoms with van der Waals surface area (Å²) in [6, 6.07) is 17.5. The third kappa shape index (κ3) is 4.74. The molecule has 0 spiro atoms. The van der Waals surface area contributed by atoms with Gasteiger partial charge < -0.3 is 0 Å². The average Bonchev–Trinajstić information content (AvgIpc) is 2.46. The van der Waals surface area contributed by atoms with Crippen LogP contribution in [0.1, 0.15) is 62.8 Å². The second-order valence-electron chi connectivity index (χ2n) is 6.75. The Morgan fingerprint density at radius 1 is 0.810 bits per heavy atom. The molecule has 0 atom stereocenters. The van der Waals surface area contributed by atoms with E-state index in [0.717, 1.165) is 11.1 Å². The van der Waals surface area contributed by atoms with Gasteiger partial charge in [0.15, 0.2) is 0 Å². The monoisotopic (exact) mass is 278 g/mol. The molecule has 0 aliphatic rings. The minimum Gasteiger partial charge on any atom is -0.0654 e. The molecule has 0 aliphatic heterocycles. The number of hydrogen-bond donors (Lipinski definition) is 0. The number of unbranched alkanes of at least 4 members (excludes halogenated alkanes) is 1. The molecule has 0 unspecified atom stereocenters. The van der Waals surface area contributed by atoms with Gasteiger partial charge in [-0.15, -0.1) is 0 Å². The maximum Gasteiger partial charge on any atom is 0.0501 e. The summed E-state index contributed by atoms with van der Waals surface area (Å²) in [5, 5.41) is 0. The van der Waals surface area contributed by atoms with Crippen molar-refractivity contribution >= 4 is 0 Å². The smallest absolute Gasteiger partial charge is 0.0501 e. The Morgan fingerprint density at radius 3 is 1.81 bits per heavy atom. The molecule has 2 rings (SSSR count). The number of rotatable bonds is 5. The molecule has 0 fully saturated rings. The second-order valence-corrected chi connectivity index (χ2v) is 6.75. The van der Waals surface area contributed by atoms with Crippen LogP contribution in [0.5, 0.6) is 0 Å². The molecule has 0 N–H and O–H groups in total. The lowest BCUT2D eigenvalue weighted by molar-refractivity contribution is 0.590. The quantitative estimate of drug-likeness (QED) is 0.648. The fraction of sp³-hybridized carbons (Fsp3) is 0.381.